The first kappa shape index (κ1) is 10.9. The first-order valence-corrected chi connectivity index (χ1v) is 4.89. The van der Waals surface area contributed by atoms with Gasteiger partial charge in [0.1, 0.15) is 0 Å². The summed E-state index contributed by atoms with van der Waals surface area (Å²) in [4.78, 5) is 4.56. The summed E-state index contributed by atoms with van der Waals surface area (Å²) in [7, 11) is 0. The van der Waals surface area contributed by atoms with Crippen molar-refractivity contribution in [3.63, 3.8) is 0 Å². The molecule has 0 unspecified atom stereocenters. The van der Waals surface area contributed by atoms with Gasteiger partial charge in [0.05, 0.1) is 16.7 Å². The average molecular weight is 275 g/mol. The molecule has 0 atom stereocenters. The van der Waals surface area contributed by atoms with E-state index >= 15 is 0 Å². The van der Waals surface area contributed by atoms with Gasteiger partial charge in [0.25, 0.3) is 0 Å². The highest BCUT2D eigenvalue weighted by Gasteiger charge is 2.03. The molecule has 0 amide bonds. The molecule has 0 saturated heterocycles. The first-order chi connectivity index (χ1) is 7.36. The van der Waals surface area contributed by atoms with Gasteiger partial charge in [-0.3, -0.25) is 0 Å². The van der Waals surface area contributed by atoms with Crippen LogP contribution < -0.4 is 5.73 Å². The van der Waals surface area contributed by atoms with Crippen LogP contribution in [-0.2, 0) is 0 Å². The summed E-state index contributed by atoms with van der Waals surface area (Å²) in [6.07, 6.45) is 0. The Hall–Kier alpha value is -1.61. The summed E-state index contributed by atoms with van der Waals surface area (Å²) in [5.74, 6) is 0. The summed E-state index contributed by atoms with van der Waals surface area (Å²) in [5.41, 5.74) is 8.84. The van der Waals surface area contributed by atoms with E-state index < -0.39 is 0 Å². The number of benzene rings is 2. The molecule has 3 rings (SSSR count). The van der Waals surface area contributed by atoms with Crippen molar-refractivity contribution in [3.05, 3.63) is 48.5 Å². The van der Waals surface area contributed by atoms with E-state index in [9.17, 15) is 0 Å². The van der Waals surface area contributed by atoms with Crippen LogP contribution in [0.1, 0.15) is 0 Å². The molecule has 0 bridgehead atoms. The van der Waals surface area contributed by atoms with Crippen LogP contribution in [0.5, 0.6) is 0 Å². The van der Waals surface area contributed by atoms with Crippen LogP contribution in [0, 0.1) is 0 Å². The van der Waals surface area contributed by atoms with Crippen LogP contribution in [0.3, 0.4) is 0 Å². The Bertz CT molecular complexity index is 596. The van der Waals surface area contributed by atoms with Crippen molar-refractivity contribution in [3.8, 4) is 0 Å². The van der Waals surface area contributed by atoms with E-state index in [-0.39, 0.29) is 17.0 Å². The molecular formula is C13H11BrN2. The van der Waals surface area contributed by atoms with Gasteiger partial charge in [-0.05, 0) is 12.1 Å². The molecule has 2 nitrogen and oxygen atoms in total. The first-order valence-electron chi connectivity index (χ1n) is 4.89. The predicted molar refractivity (Wildman–Crippen MR) is 74.0 cm³/mol. The normalized spacial score (nSPS) is 10.2. The molecule has 0 radical (unpaired) electrons. The SMILES string of the molecule is Br.Nc1c2ccccc2nc2ccccc12. The Balaban J connectivity index is 0.000000963. The van der Waals surface area contributed by atoms with Crippen LogP contribution in [0.4, 0.5) is 5.69 Å². The molecule has 0 saturated carbocycles. The van der Waals surface area contributed by atoms with E-state index in [1.54, 1.807) is 0 Å². The summed E-state index contributed by atoms with van der Waals surface area (Å²) in [6.45, 7) is 0. The fourth-order valence-corrected chi connectivity index (χ4v) is 1.87. The minimum Gasteiger partial charge on any atom is -0.398 e. The highest BCUT2D eigenvalue weighted by atomic mass is 79.9. The Morgan fingerprint density at radius 1 is 0.750 bits per heavy atom. The number of anilines is 1. The third-order valence-corrected chi connectivity index (χ3v) is 2.63. The zero-order valence-corrected chi connectivity index (χ0v) is 10.3. The minimum atomic E-state index is 0. The maximum atomic E-state index is 6.11. The third kappa shape index (κ3) is 1.53. The zero-order valence-electron chi connectivity index (χ0n) is 8.55. The van der Waals surface area contributed by atoms with Crippen molar-refractivity contribution in [2.75, 3.05) is 5.73 Å². The molecular weight excluding hydrogens is 264 g/mol. The highest BCUT2D eigenvalue weighted by molar-refractivity contribution is 8.93. The van der Waals surface area contributed by atoms with E-state index in [0.29, 0.717) is 0 Å². The highest BCUT2D eigenvalue weighted by Crippen LogP contribution is 2.27. The largest absolute Gasteiger partial charge is 0.398 e. The lowest BCUT2D eigenvalue weighted by Gasteiger charge is -2.05. The number of nitrogen functional groups attached to an aromatic ring is 1. The van der Waals surface area contributed by atoms with Crippen molar-refractivity contribution >= 4 is 44.5 Å². The lowest BCUT2D eigenvalue weighted by Crippen LogP contribution is -1.91. The fourth-order valence-electron chi connectivity index (χ4n) is 1.87. The van der Waals surface area contributed by atoms with Gasteiger partial charge in [-0.2, -0.15) is 0 Å². The van der Waals surface area contributed by atoms with E-state index in [2.05, 4.69) is 4.98 Å². The van der Waals surface area contributed by atoms with Crippen molar-refractivity contribution in [1.29, 1.82) is 0 Å². The molecule has 0 spiro atoms. The van der Waals surface area contributed by atoms with Gasteiger partial charge in [0.15, 0.2) is 0 Å². The van der Waals surface area contributed by atoms with Gasteiger partial charge in [0.2, 0.25) is 0 Å². The molecule has 0 aliphatic rings. The molecule has 3 heteroatoms. The van der Waals surface area contributed by atoms with Gasteiger partial charge in [0, 0.05) is 10.8 Å². The van der Waals surface area contributed by atoms with Crippen molar-refractivity contribution in [2.45, 2.75) is 0 Å². The van der Waals surface area contributed by atoms with Crippen LogP contribution in [0.2, 0.25) is 0 Å². The minimum absolute atomic E-state index is 0. The molecule has 2 N–H and O–H groups in total. The number of para-hydroxylation sites is 2. The fraction of sp³-hybridized carbons (Fsp3) is 0. The number of halogens is 1. The molecule has 80 valence electrons. The van der Waals surface area contributed by atoms with Gasteiger partial charge >= 0.3 is 0 Å². The summed E-state index contributed by atoms with van der Waals surface area (Å²) < 4.78 is 0. The Kier molecular flexibility index (Phi) is 2.79. The topological polar surface area (TPSA) is 38.9 Å². The predicted octanol–water partition coefficient (Wildman–Crippen LogP) is 3.55. The van der Waals surface area contributed by atoms with E-state index in [4.69, 9.17) is 5.73 Å². The van der Waals surface area contributed by atoms with Gasteiger partial charge in [-0.1, -0.05) is 36.4 Å². The number of hydrogen-bond acceptors (Lipinski definition) is 2. The average Bonchev–Trinajstić information content (AvgIpc) is 2.30. The molecule has 0 fully saturated rings. The maximum absolute atomic E-state index is 6.11. The maximum Gasteiger partial charge on any atom is 0.0730 e. The number of aromatic nitrogens is 1. The third-order valence-electron chi connectivity index (χ3n) is 2.63. The number of pyridine rings is 1. The molecule has 1 aromatic heterocycles. The van der Waals surface area contributed by atoms with Gasteiger partial charge < -0.3 is 5.73 Å². The second kappa shape index (κ2) is 4.10. The number of rotatable bonds is 0. The standard InChI is InChI=1S/C13H10N2.BrH/c14-13-9-5-1-3-7-11(9)15-12-8-4-2-6-10(12)13;/h1-8H,(H2,14,15);1H. The van der Waals surface area contributed by atoms with E-state index in [0.717, 1.165) is 27.5 Å². The summed E-state index contributed by atoms with van der Waals surface area (Å²) >= 11 is 0. The molecule has 0 aliphatic carbocycles. The van der Waals surface area contributed by atoms with Crippen LogP contribution in [0.25, 0.3) is 21.8 Å². The number of hydrogen-bond donors (Lipinski definition) is 1. The lowest BCUT2D eigenvalue weighted by atomic mass is 10.1. The van der Waals surface area contributed by atoms with Crippen molar-refractivity contribution in [1.82, 2.24) is 4.98 Å². The molecule has 3 aromatic rings. The van der Waals surface area contributed by atoms with Crippen LogP contribution in [0.15, 0.2) is 48.5 Å². The Morgan fingerprint density at radius 3 is 1.69 bits per heavy atom. The zero-order chi connectivity index (χ0) is 10.3. The molecule has 0 aliphatic heterocycles. The number of fused-ring (bicyclic) bond motifs is 2. The van der Waals surface area contributed by atoms with Crippen molar-refractivity contribution < 1.29 is 0 Å². The van der Waals surface area contributed by atoms with E-state index in [1.165, 1.54) is 0 Å². The number of nitrogens with zero attached hydrogens (tertiary/aromatic N) is 1. The van der Waals surface area contributed by atoms with Crippen LogP contribution >= 0.6 is 17.0 Å². The smallest absolute Gasteiger partial charge is 0.0730 e. The second-order valence-electron chi connectivity index (χ2n) is 3.56. The molecule has 1 heterocycles. The van der Waals surface area contributed by atoms with Gasteiger partial charge in [-0.25, -0.2) is 4.98 Å². The molecule has 16 heavy (non-hydrogen) atoms. The van der Waals surface area contributed by atoms with Gasteiger partial charge in [-0.15, -0.1) is 17.0 Å². The molecule has 2 aromatic carbocycles. The second-order valence-corrected chi connectivity index (χ2v) is 3.56. The summed E-state index contributed by atoms with van der Waals surface area (Å²) in [5, 5.41) is 2.05. The number of nitrogens with two attached hydrogens (primary N) is 1. The van der Waals surface area contributed by atoms with Crippen LogP contribution in [-0.4, -0.2) is 4.98 Å². The Labute approximate surface area is 104 Å². The Morgan fingerprint density at radius 2 is 1.19 bits per heavy atom. The van der Waals surface area contributed by atoms with E-state index in [1.807, 2.05) is 48.5 Å². The monoisotopic (exact) mass is 274 g/mol. The van der Waals surface area contributed by atoms with Crippen molar-refractivity contribution in [2.24, 2.45) is 0 Å². The quantitative estimate of drug-likeness (QED) is 0.637. The lowest BCUT2D eigenvalue weighted by molar-refractivity contribution is 1.50. The summed E-state index contributed by atoms with van der Waals surface area (Å²) in [6, 6.07) is 15.9.